The van der Waals surface area contributed by atoms with Crippen molar-refractivity contribution in [2.45, 2.75) is 53.2 Å². The van der Waals surface area contributed by atoms with Gasteiger partial charge in [-0.1, -0.05) is 26.0 Å². The van der Waals surface area contributed by atoms with E-state index in [1.54, 1.807) is 13.8 Å². The first kappa shape index (κ1) is 15.6. The Balaban J connectivity index is 2.78. The largest absolute Gasteiger partial charge is 0.461 e. The molecule has 0 aromatic carbocycles. The summed E-state index contributed by atoms with van der Waals surface area (Å²) >= 11 is 0. The van der Waals surface area contributed by atoms with E-state index in [9.17, 15) is 9.90 Å². The lowest BCUT2D eigenvalue weighted by Crippen LogP contribution is -2.30. The number of aromatic nitrogens is 3. The van der Waals surface area contributed by atoms with Gasteiger partial charge in [0.2, 0.25) is 0 Å². The quantitative estimate of drug-likeness (QED) is 0.793. The average molecular weight is 269 g/mol. The summed E-state index contributed by atoms with van der Waals surface area (Å²) in [4.78, 5) is 11.8. The Labute approximate surface area is 113 Å². The normalized spacial score (nSPS) is 14.5. The molecule has 1 unspecified atom stereocenters. The maximum Gasteiger partial charge on any atom is 0.360 e. The van der Waals surface area contributed by atoms with Crippen LogP contribution in [0.5, 0.6) is 0 Å². The van der Waals surface area contributed by atoms with Crippen molar-refractivity contribution in [2.75, 3.05) is 6.61 Å². The summed E-state index contributed by atoms with van der Waals surface area (Å²) in [5.41, 5.74) is -0.0348. The van der Waals surface area contributed by atoms with E-state index in [4.69, 9.17) is 4.74 Å². The van der Waals surface area contributed by atoms with Crippen LogP contribution in [0.15, 0.2) is 0 Å². The lowest BCUT2D eigenvalue weighted by molar-refractivity contribution is 0.0331. The topological polar surface area (TPSA) is 77.2 Å². The van der Waals surface area contributed by atoms with E-state index in [1.807, 2.05) is 20.8 Å². The van der Waals surface area contributed by atoms with Crippen LogP contribution in [0.2, 0.25) is 0 Å². The Bertz CT molecular complexity index is 438. The lowest BCUT2D eigenvalue weighted by Gasteiger charge is -2.21. The molecule has 0 bridgehead atoms. The van der Waals surface area contributed by atoms with Gasteiger partial charge in [0.05, 0.1) is 24.4 Å². The van der Waals surface area contributed by atoms with Crippen molar-refractivity contribution in [2.24, 2.45) is 5.92 Å². The van der Waals surface area contributed by atoms with Crippen LogP contribution in [-0.2, 0) is 11.3 Å². The molecule has 6 heteroatoms. The first-order valence-electron chi connectivity index (χ1n) is 6.56. The van der Waals surface area contributed by atoms with E-state index in [0.29, 0.717) is 25.3 Å². The molecule has 0 saturated heterocycles. The lowest BCUT2D eigenvalue weighted by atomic mass is 10.0. The molecule has 0 saturated carbocycles. The van der Waals surface area contributed by atoms with E-state index >= 15 is 0 Å². The highest BCUT2D eigenvalue weighted by atomic mass is 16.5. The molecule has 1 aromatic rings. The molecule has 0 fully saturated rings. The fraction of sp³-hybridized carbons (Fsp3) is 0.769. The number of hydrogen-bond donors (Lipinski definition) is 1. The summed E-state index contributed by atoms with van der Waals surface area (Å²) in [5, 5.41) is 17.8. The minimum Gasteiger partial charge on any atom is -0.461 e. The van der Waals surface area contributed by atoms with E-state index in [1.165, 1.54) is 4.68 Å². The van der Waals surface area contributed by atoms with E-state index in [2.05, 4.69) is 10.3 Å². The van der Waals surface area contributed by atoms with Crippen molar-refractivity contribution in [3.63, 3.8) is 0 Å². The second-order valence-corrected chi connectivity index (χ2v) is 5.52. The van der Waals surface area contributed by atoms with Gasteiger partial charge in [-0.15, -0.1) is 5.10 Å². The minimum absolute atomic E-state index is 0.215. The summed E-state index contributed by atoms with van der Waals surface area (Å²) in [5.74, 6) is -0.186. The molecule has 0 aliphatic rings. The highest BCUT2D eigenvalue weighted by Gasteiger charge is 2.24. The molecule has 0 amide bonds. The standard InChI is InChI=1S/C13H23N3O3/c1-6-13(5,18)8-16-10(4)11(14-15-16)12(17)19-7-9(2)3/h9,18H,6-8H2,1-5H3. The fourth-order valence-corrected chi connectivity index (χ4v) is 1.44. The van der Waals surface area contributed by atoms with Crippen LogP contribution in [0.3, 0.4) is 0 Å². The number of aliphatic hydroxyl groups is 1. The smallest absolute Gasteiger partial charge is 0.360 e. The van der Waals surface area contributed by atoms with Crippen molar-refractivity contribution in [3.8, 4) is 0 Å². The predicted octanol–water partition coefficient (Wildman–Crippen LogP) is 1.56. The third-order valence-electron chi connectivity index (χ3n) is 2.98. The highest BCUT2D eigenvalue weighted by molar-refractivity contribution is 5.88. The fourth-order valence-electron chi connectivity index (χ4n) is 1.44. The number of esters is 1. The van der Waals surface area contributed by atoms with Crippen molar-refractivity contribution in [1.29, 1.82) is 0 Å². The van der Waals surface area contributed by atoms with Gasteiger partial charge in [0.15, 0.2) is 5.69 Å². The summed E-state index contributed by atoms with van der Waals surface area (Å²) in [7, 11) is 0. The molecule has 0 spiro atoms. The van der Waals surface area contributed by atoms with Crippen molar-refractivity contribution >= 4 is 5.97 Å². The molecule has 19 heavy (non-hydrogen) atoms. The van der Waals surface area contributed by atoms with E-state index in [0.717, 1.165) is 0 Å². The second kappa shape index (κ2) is 6.14. The molecule has 1 aromatic heterocycles. The van der Waals surface area contributed by atoms with Crippen LogP contribution in [0, 0.1) is 12.8 Å². The van der Waals surface area contributed by atoms with E-state index < -0.39 is 11.6 Å². The van der Waals surface area contributed by atoms with Crippen molar-refractivity contribution < 1.29 is 14.6 Å². The van der Waals surface area contributed by atoms with Gasteiger partial charge in [-0.25, -0.2) is 9.48 Å². The number of ether oxygens (including phenoxy) is 1. The van der Waals surface area contributed by atoms with Gasteiger partial charge in [-0.3, -0.25) is 0 Å². The Morgan fingerprint density at radius 2 is 2.16 bits per heavy atom. The third kappa shape index (κ3) is 4.31. The molecule has 0 aliphatic heterocycles. The Kier molecular flexibility index (Phi) is 5.05. The van der Waals surface area contributed by atoms with Gasteiger partial charge >= 0.3 is 5.97 Å². The van der Waals surface area contributed by atoms with Crippen LogP contribution < -0.4 is 0 Å². The first-order valence-corrected chi connectivity index (χ1v) is 6.56. The molecule has 0 radical (unpaired) electrons. The molecule has 1 atom stereocenters. The molecule has 108 valence electrons. The number of carbonyl (C=O) groups is 1. The average Bonchev–Trinajstić information content (AvgIpc) is 2.67. The van der Waals surface area contributed by atoms with Crippen LogP contribution in [-0.4, -0.2) is 38.3 Å². The number of rotatable bonds is 6. The maximum absolute atomic E-state index is 11.8. The summed E-state index contributed by atoms with van der Waals surface area (Å²) in [6.07, 6.45) is 0.597. The number of nitrogens with zero attached hydrogens (tertiary/aromatic N) is 3. The monoisotopic (exact) mass is 269 g/mol. The highest BCUT2D eigenvalue weighted by Crippen LogP contribution is 2.14. The summed E-state index contributed by atoms with van der Waals surface area (Å²) < 4.78 is 6.66. The van der Waals surface area contributed by atoms with Gasteiger partial charge in [0, 0.05) is 0 Å². The Morgan fingerprint density at radius 3 is 2.68 bits per heavy atom. The maximum atomic E-state index is 11.8. The zero-order chi connectivity index (χ0) is 14.6. The summed E-state index contributed by atoms with van der Waals surface area (Å²) in [6.45, 7) is 9.97. The van der Waals surface area contributed by atoms with Gasteiger partial charge in [0.25, 0.3) is 0 Å². The van der Waals surface area contributed by atoms with Gasteiger partial charge < -0.3 is 9.84 Å². The van der Waals surface area contributed by atoms with Crippen LogP contribution >= 0.6 is 0 Å². The molecule has 1 N–H and O–H groups in total. The van der Waals surface area contributed by atoms with Crippen LogP contribution in [0.25, 0.3) is 0 Å². The van der Waals surface area contributed by atoms with Crippen molar-refractivity contribution in [1.82, 2.24) is 15.0 Å². The molecule has 1 heterocycles. The van der Waals surface area contributed by atoms with E-state index in [-0.39, 0.29) is 11.6 Å². The zero-order valence-corrected chi connectivity index (χ0v) is 12.3. The number of hydrogen-bond acceptors (Lipinski definition) is 5. The van der Waals surface area contributed by atoms with Crippen molar-refractivity contribution in [3.05, 3.63) is 11.4 Å². The first-order chi connectivity index (χ1) is 8.76. The molecule has 1 rings (SSSR count). The molecule has 0 aliphatic carbocycles. The number of carbonyl (C=O) groups excluding carboxylic acids is 1. The molecular formula is C13H23N3O3. The SMILES string of the molecule is CCC(C)(O)Cn1nnc(C(=O)OCC(C)C)c1C. The molecular weight excluding hydrogens is 246 g/mol. The second-order valence-electron chi connectivity index (χ2n) is 5.52. The van der Waals surface area contributed by atoms with Gasteiger partial charge in [0.1, 0.15) is 0 Å². The molecule has 6 nitrogen and oxygen atoms in total. The predicted molar refractivity (Wildman–Crippen MR) is 70.8 cm³/mol. The Morgan fingerprint density at radius 1 is 1.53 bits per heavy atom. The Hall–Kier alpha value is -1.43. The van der Waals surface area contributed by atoms with Gasteiger partial charge in [-0.2, -0.15) is 0 Å². The summed E-state index contributed by atoms with van der Waals surface area (Å²) in [6, 6.07) is 0. The zero-order valence-electron chi connectivity index (χ0n) is 12.3. The van der Waals surface area contributed by atoms with Crippen LogP contribution in [0.1, 0.15) is 50.3 Å². The van der Waals surface area contributed by atoms with Gasteiger partial charge in [-0.05, 0) is 26.2 Å². The van der Waals surface area contributed by atoms with Crippen LogP contribution in [0.4, 0.5) is 0 Å². The third-order valence-corrected chi connectivity index (χ3v) is 2.98. The minimum atomic E-state index is -0.864.